The fourth-order valence-corrected chi connectivity index (χ4v) is 5.37. The van der Waals surface area contributed by atoms with Crippen LogP contribution in [0.3, 0.4) is 0 Å². The van der Waals surface area contributed by atoms with Crippen molar-refractivity contribution in [1.82, 2.24) is 15.0 Å². The van der Waals surface area contributed by atoms with Crippen LogP contribution < -0.4 is 15.5 Å². The number of anilines is 4. The van der Waals surface area contributed by atoms with Crippen molar-refractivity contribution < 1.29 is 28.5 Å². The van der Waals surface area contributed by atoms with Gasteiger partial charge in [-0.05, 0) is 31.0 Å². The molecule has 1 saturated heterocycles. The fraction of sp³-hybridized carbons (Fsp3) is 0.391. The topological polar surface area (TPSA) is 178 Å². The Labute approximate surface area is 218 Å². The Bertz CT molecular complexity index is 1380. The highest BCUT2D eigenvalue weighted by Crippen LogP contribution is 2.28. The van der Waals surface area contributed by atoms with Gasteiger partial charge in [-0.25, -0.2) is 18.2 Å². The highest BCUT2D eigenvalue weighted by molar-refractivity contribution is 7.90. The summed E-state index contributed by atoms with van der Waals surface area (Å²) in [4.78, 5) is 27.0. The number of hydrogen-bond acceptors (Lipinski definition) is 12. The van der Waals surface area contributed by atoms with E-state index in [0.29, 0.717) is 48.5 Å². The minimum absolute atomic E-state index is 0.116. The van der Waals surface area contributed by atoms with E-state index in [1.165, 1.54) is 0 Å². The van der Waals surface area contributed by atoms with Crippen molar-refractivity contribution in [3.05, 3.63) is 46.5 Å². The minimum atomic E-state index is -3.29. The summed E-state index contributed by atoms with van der Waals surface area (Å²) in [6.07, 6.45) is 1.03. The molecule has 14 heteroatoms. The number of hydrogen-bond donors (Lipinski definition) is 5. The van der Waals surface area contributed by atoms with Crippen molar-refractivity contribution in [2.75, 3.05) is 41.5 Å². The first-order valence-corrected chi connectivity index (χ1v) is 14.2. The molecule has 2 unspecified atom stereocenters. The minimum Gasteiger partial charge on any atom is -0.477 e. The average Bonchev–Trinajstić information content (AvgIpc) is 3.22. The van der Waals surface area contributed by atoms with Gasteiger partial charge in [-0.15, -0.1) is 0 Å². The van der Waals surface area contributed by atoms with E-state index in [-0.39, 0.29) is 28.2 Å². The van der Waals surface area contributed by atoms with Crippen LogP contribution in [-0.4, -0.2) is 76.7 Å². The summed E-state index contributed by atoms with van der Waals surface area (Å²) in [6, 6.07) is 8.27. The zero-order valence-corrected chi connectivity index (χ0v) is 21.9. The standard InChI is InChI=1S/C23H28N6O6S2/c1-13-20(21(32)33)36-23(25-13)28-22-26-18(24-10-14-3-5-16(6-4-14)37(2,34)35)9-19(27-22)29-8-7-17(31)15(11-29)12-30/h3-6,9,15,17,30-31H,7-8,10-12H2,1-2H3,(H,32,33)(H2,24,25,26,27,28). The number of sulfone groups is 1. The lowest BCUT2D eigenvalue weighted by Gasteiger charge is -2.36. The third kappa shape index (κ3) is 6.52. The first-order valence-electron chi connectivity index (χ1n) is 11.5. The third-order valence-electron chi connectivity index (χ3n) is 6.00. The second kappa shape index (κ2) is 11.0. The van der Waals surface area contributed by atoms with Crippen molar-refractivity contribution in [3.63, 3.8) is 0 Å². The molecule has 37 heavy (non-hydrogen) atoms. The van der Waals surface area contributed by atoms with E-state index in [1.807, 2.05) is 4.90 Å². The maximum atomic E-state index is 11.7. The predicted molar refractivity (Wildman–Crippen MR) is 139 cm³/mol. The van der Waals surface area contributed by atoms with Gasteiger partial charge in [-0.1, -0.05) is 23.5 Å². The monoisotopic (exact) mass is 548 g/mol. The van der Waals surface area contributed by atoms with Gasteiger partial charge in [0.15, 0.2) is 15.0 Å². The fourth-order valence-electron chi connectivity index (χ4n) is 3.94. The van der Waals surface area contributed by atoms with E-state index < -0.39 is 21.9 Å². The summed E-state index contributed by atoms with van der Waals surface area (Å²) in [5.74, 6) is -0.152. The first-order chi connectivity index (χ1) is 17.5. The summed E-state index contributed by atoms with van der Waals surface area (Å²) in [5, 5.41) is 35.7. The van der Waals surface area contributed by atoms with E-state index in [2.05, 4.69) is 25.6 Å². The molecule has 2 aromatic heterocycles. The van der Waals surface area contributed by atoms with E-state index in [1.54, 1.807) is 37.3 Å². The number of aliphatic hydroxyl groups excluding tert-OH is 2. The zero-order valence-electron chi connectivity index (χ0n) is 20.2. The molecule has 3 heterocycles. The maximum Gasteiger partial charge on any atom is 0.347 e. The molecule has 5 N–H and O–H groups in total. The van der Waals surface area contributed by atoms with Gasteiger partial charge in [-0.3, -0.25) is 5.32 Å². The number of aromatic nitrogens is 3. The molecule has 0 saturated carbocycles. The molecule has 0 bridgehead atoms. The van der Waals surface area contributed by atoms with Crippen LogP contribution in [0.25, 0.3) is 0 Å². The number of carboxylic acids is 1. The van der Waals surface area contributed by atoms with Crippen LogP contribution in [-0.2, 0) is 16.4 Å². The Morgan fingerprint density at radius 1 is 1.22 bits per heavy atom. The molecule has 1 aromatic carbocycles. The molecule has 198 valence electrons. The second-order valence-electron chi connectivity index (χ2n) is 8.81. The second-order valence-corrected chi connectivity index (χ2v) is 11.8. The Balaban J connectivity index is 1.59. The van der Waals surface area contributed by atoms with Gasteiger partial charge in [0, 0.05) is 37.9 Å². The lowest BCUT2D eigenvalue weighted by atomic mass is 9.95. The molecule has 3 aromatic rings. The lowest BCUT2D eigenvalue weighted by Crippen LogP contribution is -2.45. The number of aliphatic hydroxyl groups is 2. The summed E-state index contributed by atoms with van der Waals surface area (Å²) >= 11 is 0.977. The van der Waals surface area contributed by atoms with Gasteiger partial charge in [0.05, 0.1) is 23.3 Å². The molecule has 0 radical (unpaired) electrons. The van der Waals surface area contributed by atoms with E-state index in [4.69, 9.17) is 0 Å². The number of piperidine rings is 1. The number of carboxylic acid groups (broad SMARTS) is 1. The Morgan fingerprint density at radius 2 is 1.95 bits per heavy atom. The molecule has 4 rings (SSSR count). The van der Waals surface area contributed by atoms with Crippen molar-refractivity contribution >= 4 is 49.9 Å². The Hall–Kier alpha value is -3.33. The van der Waals surface area contributed by atoms with Crippen molar-refractivity contribution in [3.8, 4) is 0 Å². The summed E-state index contributed by atoms with van der Waals surface area (Å²) in [7, 11) is -3.29. The van der Waals surface area contributed by atoms with Gasteiger partial charge < -0.3 is 25.5 Å². The number of nitrogens with zero attached hydrogens (tertiary/aromatic N) is 4. The zero-order chi connectivity index (χ0) is 26.7. The van der Waals surface area contributed by atoms with Gasteiger partial charge >= 0.3 is 5.97 Å². The van der Waals surface area contributed by atoms with Crippen LogP contribution in [0.5, 0.6) is 0 Å². The van der Waals surface area contributed by atoms with Crippen LogP contribution in [0.4, 0.5) is 22.7 Å². The third-order valence-corrected chi connectivity index (χ3v) is 8.19. The number of carbonyl (C=O) groups is 1. The van der Waals surface area contributed by atoms with Crippen LogP contribution in [0.1, 0.15) is 27.3 Å². The Morgan fingerprint density at radius 3 is 2.57 bits per heavy atom. The predicted octanol–water partition coefficient (Wildman–Crippen LogP) is 1.88. The maximum absolute atomic E-state index is 11.7. The normalized spacial score (nSPS) is 18.0. The first kappa shape index (κ1) is 26.7. The SMILES string of the molecule is Cc1nc(Nc2nc(NCc3ccc(S(C)(=O)=O)cc3)cc(N3CCC(O)C(CO)C3)n2)sc1C(=O)O. The van der Waals surface area contributed by atoms with Crippen LogP contribution in [0.15, 0.2) is 35.2 Å². The Kier molecular flexibility index (Phi) is 7.92. The highest BCUT2D eigenvalue weighted by Gasteiger charge is 2.28. The van der Waals surface area contributed by atoms with E-state index >= 15 is 0 Å². The number of aryl methyl sites for hydroxylation is 1. The molecule has 0 aliphatic carbocycles. The molecule has 1 aliphatic heterocycles. The lowest BCUT2D eigenvalue weighted by molar-refractivity contribution is 0.0524. The summed E-state index contributed by atoms with van der Waals surface area (Å²) in [5.41, 5.74) is 1.22. The van der Waals surface area contributed by atoms with Crippen molar-refractivity contribution in [1.29, 1.82) is 0 Å². The highest BCUT2D eigenvalue weighted by atomic mass is 32.2. The molecule has 0 spiro atoms. The van der Waals surface area contributed by atoms with Crippen LogP contribution in [0.2, 0.25) is 0 Å². The molecular weight excluding hydrogens is 520 g/mol. The molecule has 12 nitrogen and oxygen atoms in total. The summed E-state index contributed by atoms with van der Waals surface area (Å²) in [6.45, 7) is 2.74. The van der Waals surface area contributed by atoms with Crippen LogP contribution >= 0.6 is 11.3 Å². The number of thiazole rings is 1. The smallest absolute Gasteiger partial charge is 0.347 e. The molecular formula is C23H28N6O6S2. The number of nitrogens with one attached hydrogen (secondary N) is 2. The number of rotatable bonds is 9. The van der Waals surface area contributed by atoms with Crippen molar-refractivity contribution in [2.24, 2.45) is 5.92 Å². The van der Waals surface area contributed by atoms with Crippen LogP contribution in [0, 0.1) is 12.8 Å². The molecule has 0 amide bonds. The van der Waals surface area contributed by atoms with Gasteiger partial charge in [0.1, 0.15) is 16.5 Å². The van der Waals surface area contributed by atoms with Crippen molar-refractivity contribution in [2.45, 2.75) is 30.9 Å². The van der Waals surface area contributed by atoms with E-state index in [9.17, 15) is 28.5 Å². The number of aromatic carboxylic acids is 1. The summed E-state index contributed by atoms with van der Waals surface area (Å²) < 4.78 is 23.4. The van der Waals surface area contributed by atoms with Gasteiger partial charge in [0.25, 0.3) is 0 Å². The molecule has 1 aliphatic rings. The van der Waals surface area contributed by atoms with Gasteiger partial charge in [0.2, 0.25) is 5.95 Å². The largest absolute Gasteiger partial charge is 0.477 e. The van der Waals surface area contributed by atoms with Gasteiger partial charge in [-0.2, -0.15) is 9.97 Å². The number of benzene rings is 1. The van der Waals surface area contributed by atoms with E-state index in [0.717, 1.165) is 23.2 Å². The average molecular weight is 549 g/mol. The molecule has 2 atom stereocenters. The molecule has 1 fully saturated rings. The quantitative estimate of drug-likeness (QED) is 0.263.